The molecule has 0 radical (unpaired) electrons. The lowest BCUT2D eigenvalue weighted by molar-refractivity contribution is -0.131. The number of hydrogen-bond donors (Lipinski definition) is 1. The Hall–Kier alpha value is -2.17. The number of hydrogen-bond acceptors (Lipinski definition) is 2. The molecule has 1 aromatic rings. The predicted molar refractivity (Wildman–Crippen MR) is 70.3 cm³/mol. The minimum absolute atomic E-state index is 0.0244. The highest BCUT2D eigenvalue weighted by molar-refractivity contribution is 5.95. The van der Waals surface area contributed by atoms with Gasteiger partial charge in [0, 0.05) is 19.2 Å². The molecule has 0 aliphatic rings. The van der Waals surface area contributed by atoms with Crippen LogP contribution in [0.1, 0.15) is 29.8 Å². The quantitative estimate of drug-likeness (QED) is 0.850. The molecule has 0 saturated heterocycles. The third-order valence-corrected chi connectivity index (χ3v) is 2.74. The summed E-state index contributed by atoms with van der Waals surface area (Å²) in [6.07, 6.45) is 2.18. The van der Waals surface area contributed by atoms with Crippen molar-refractivity contribution in [2.75, 3.05) is 7.05 Å². The van der Waals surface area contributed by atoms with E-state index in [9.17, 15) is 14.0 Å². The summed E-state index contributed by atoms with van der Waals surface area (Å²) in [5.41, 5.74) is 0.368. The van der Waals surface area contributed by atoms with Crippen LogP contribution < -0.4 is 0 Å². The van der Waals surface area contributed by atoms with E-state index in [4.69, 9.17) is 5.11 Å². The molecule has 0 saturated carbocycles. The number of carbonyl (C=O) groups excluding carboxylic acids is 1. The lowest BCUT2D eigenvalue weighted by Crippen LogP contribution is -2.33. The van der Waals surface area contributed by atoms with Gasteiger partial charge in [0.15, 0.2) is 0 Å². The number of halogens is 1. The zero-order valence-corrected chi connectivity index (χ0v) is 11.1. The monoisotopic (exact) mass is 265 g/mol. The molecular formula is C14H16FNO3. The Morgan fingerprint density at radius 1 is 1.37 bits per heavy atom. The van der Waals surface area contributed by atoms with Gasteiger partial charge in [0.2, 0.25) is 0 Å². The molecule has 0 fully saturated rings. The highest BCUT2D eigenvalue weighted by Crippen LogP contribution is 2.14. The number of rotatable bonds is 4. The van der Waals surface area contributed by atoms with E-state index in [0.29, 0.717) is 5.56 Å². The zero-order valence-electron chi connectivity index (χ0n) is 11.1. The van der Waals surface area contributed by atoms with Crippen molar-refractivity contribution in [3.63, 3.8) is 0 Å². The summed E-state index contributed by atoms with van der Waals surface area (Å²) < 4.78 is 13.8. The maximum Gasteiger partial charge on any atom is 0.328 e. The molecule has 19 heavy (non-hydrogen) atoms. The first-order valence-corrected chi connectivity index (χ1v) is 5.80. The number of carboxylic acid groups (broad SMARTS) is 1. The number of carboxylic acids is 1. The molecule has 0 atom stereocenters. The minimum Gasteiger partial charge on any atom is -0.478 e. The van der Waals surface area contributed by atoms with Crippen LogP contribution in [0.3, 0.4) is 0 Å². The van der Waals surface area contributed by atoms with Crippen molar-refractivity contribution in [3.8, 4) is 0 Å². The topological polar surface area (TPSA) is 57.6 Å². The summed E-state index contributed by atoms with van der Waals surface area (Å²) >= 11 is 0. The number of aliphatic carboxylic acids is 1. The van der Waals surface area contributed by atoms with Crippen molar-refractivity contribution < 1.29 is 19.1 Å². The zero-order chi connectivity index (χ0) is 14.6. The second-order valence-corrected chi connectivity index (χ2v) is 4.42. The van der Waals surface area contributed by atoms with E-state index in [0.717, 1.165) is 12.1 Å². The summed E-state index contributed by atoms with van der Waals surface area (Å²) in [6.45, 7) is 3.67. The van der Waals surface area contributed by atoms with Crippen molar-refractivity contribution in [1.29, 1.82) is 0 Å². The Morgan fingerprint density at radius 3 is 2.47 bits per heavy atom. The average Bonchev–Trinajstić information content (AvgIpc) is 2.34. The van der Waals surface area contributed by atoms with Crippen LogP contribution in [0.5, 0.6) is 0 Å². The molecule has 0 spiro atoms. The fourth-order valence-electron chi connectivity index (χ4n) is 1.40. The minimum atomic E-state index is -1.11. The van der Waals surface area contributed by atoms with Gasteiger partial charge in [-0.15, -0.1) is 0 Å². The van der Waals surface area contributed by atoms with Crippen LogP contribution in [0, 0.1) is 5.82 Å². The van der Waals surface area contributed by atoms with Crippen LogP contribution in [-0.2, 0) is 4.79 Å². The molecule has 0 aliphatic carbocycles. The SMILES string of the molecule is CC(C)N(C)C(=O)c1ccc(C=CC(=O)O)cc1F. The van der Waals surface area contributed by atoms with E-state index in [1.165, 1.54) is 23.1 Å². The van der Waals surface area contributed by atoms with E-state index in [-0.39, 0.29) is 11.6 Å². The molecule has 5 heteroatoms. The second-order valence-electron chi connectivity index (χ2n) is 4.42. The molecule has 1 amide bonds. The number of amides is 1. The Kier molecular flexibility index (Phi) is 4.80. The Balaban J connectivity index is 3.01. The summed E-state index contributed by atoms with van der Waals surface area (Å²) in [6, 6.07) is 3.97. The van der Waals surface area contributed by atoms with E-state index >= 15 is 0 Å². The molecule has 102 valence electrons. The van der Waals surface area contributed by atoms with Crippen molar-refractivity contribution in [3.05, 3.63) is 41.2 Å². The van der Waals surface area contributed by atoms with Crippen LogP contribution in [0.4, 0.5) is 4.39 Å². The first kappa shape index (κ1) is 14.9. The standard InChI is InChI=1S/C14H16FNO3/c1-9(2)16(3)14(19)11-6-4-10(8-12(11)15)5-7-13(17)18/h4-9H,1-3H3,(H,17,18). The van der Waals surface area contributed by atoms with Crippen LogP contribution >= 0.6 is 0 Å². The summed E-state index contributed by atoms with van der Waals surface area (Å²) in [4.78, 5) is 23.7. The van der Waals surface area contributed by atoms with E-state index in [1.807, 2.05) is 13.8 Å². The molecule has 1 N–H and O–H groups in total. The van der Waals surface area contributed by atoms with Crippen LogP contribution in [-0.4, -0.2) is 35.0 Å². The van der Waals surface area contributed by atoms with E-state index < -0.39 is 17.7 Å². The van der Waals surface area contributed by atoms with Gasteiger partial charge in [-0.2, -0.15) is 0 Å². The summed E-state index contributed by atoms with van der Waals surface area (Å²) in [7, 11) is 1.60. The molecule has 0 aliphatic heterocycles. The fraction of sp³-hybridized carbons (Fsp3) is 0.286. The second kappa shape index (κ2) is 6.13. The van der Waals surface area contributed by atoms with Gasteiger partial charge >= 0.3 is 5.97 Å². The maximum absolute atomic E-state index is 13.8. The van der Waals surface area contributed by atoms with E-state index in [2.05, 4.69) is 0 Å². The van der Waals surface area contributed by atoms with Crippen molar-refractivity contribution in [2.24, 2.45) is 0 Å². The fourth-order valence-corrected chi connectivity index (χ4v) is 1.40. The van der Waals surface area contributed by atoms with E-state index in [1.54, 1.807) is 7.05 Å². The maximum atomic E-state index is 13.8. The van der Waals surface area contributed by atoms with Crippen molar-refractivity contribution in [1.82, 2.24) is 4.90 Å². The molecule has 0 heterocycles. The summed E-state index contributed by atoms with van der Waals surface area (Å²) in [5, 5.41) is 8.48. The molecular weight excluding hydrogens is 249 g/mol. The van der Waals surface area contributed by atoms with Crippen LogP contribution in [0.2, 0.25) is 0 Å². The molecule has 0 unspecified atom stereocenters. The van der Waals surface area contributed by atoms with Gasteiger partial charge in [-0.3, -0.25) is 4.79 Å². The number of nitrogens with zero attached hydrogens (tertiary/aromatic N) is 1. The van der Waals surface area contributed by atoms with Gasteiger partial charge in [-0.1, -0.05) is 6.07 Å². The number of benzene rings is 1. The Morgan fingerprint density at radius 2 is 2.00 bits per heavy atom. The van der Waals surface area contributed by atoms with Crippen LogP contribution in [0.25, 0.3) is 6.08 Å². The molecule has 0 aromatic heterocycles. The summed E-state index contributed by atoms with van der Waals surface area (Å²) in [5.74, 6) is -2.17. The molecule has 0 bridgehead atoms. The van der Waals surface area contributed by atoms with Gasteiger partial charge < -0.3 is 10.0 Å². The first-order chi connectivity index (χ1) is 8.82. The third-order valence-electron chi connectivity index (χ3n) is 2.74. The lowest BCUT2D eigenvalue weighted by Gasteiger charge is -2.21. The average molecular weight is 265 g/mol. The Labute approximate surface area is 111 Å². The highest BCUT2D eigenvalue weighted by atomic mass is 19.1. The smallest absolute Gasteiger partial charge is 0.328 e. The van der Waals surface area contributed by atoms with Gasteiger partial charge in [0.25, 0.3) is 5.91 Å². The molecule has 4 nitrogen and oxygen atoms in total. The normalized spacial score (nSPS) is 11.0. The molecule has 1 rings (SSSR count). The van der Waals surface area contributed by atoms with Crippen molar-refractivity contribution in [2.45, 2.75) is 19.9 Å². The van der Waals surface area contributed by atoms with Gasteiger partial charge in [0.1, 0.15) is 5.82 Å². The lowest BCUT2D eigenvalue weighted by atomic mass is 10.1. The highest BCUT2D eigenvalue weighted by Gasteiger charge is 2.18. The van der Waals surface area contributed by atoms with Gasteiger partial charge in [0.05, 0.1) is 5.56 Å². The third kappa shape index (κ3) is 3.91. The predicted octanol–water partition coefficient (Wildman–Crippen LogP) is 2.40. The van der Waals surface area contributed by atoms with Crippen LogP contribution in [0.15, 0.2) is 24.3 Å². The number of carbonyl (C=O) groups is 2. The van der Waals surface area contributed by atoms with Gasteiger partial charge in [-0.25, -0.2) is 9.18 Å². The Bertz CT molecular complexity index is 523. The van der Waals surface area contributed by atoms with Gasteiger partial charge in [-0.05, 0) is 37.6 Å². The molecule has 1 aromatic carbocycles. The largest absolute Gasteiger partial charge is 0.478 e. The van der Waals surface area contributed by atoms with Crippen molar-refractivity contribution >= 4 is 18.0 Å². The first-order valence-electron chi connectivity index (χ1n) is 5.80.